The molecule has 0 aliphatic heterocycles. The zero-order valence-corrected chi connectivity index (χ0v) is 6.03. The van der Waals surface area contributed by atoms with Crippen LogP contribution in [-0.2, 0) is 0 Å². The van der Waals surface area contributed by atoms with Crippen molar-refractivity contribution in [3.05, 3.63) is 24.3 Å². The summed E-state index contributed by atoms with van der Waals surface area (Å²) >= 11 is 0. The topological polar surface area (TPSA) is 40.5 Å². The summed E-state index contributed by atoms with van der Waals surface area (Å²) in [5.41, 5.74) is 0. The van der Waals surface area contributed by atoms with Crippen LogP contribution in [0, 0.1) is 0 Å². The van der Waals surface area contributed by atoms with Crippen LogP contribution in [0.4, 0.5) is 0 Å². The van der Waals surface area contributed by atoms with Gasteiger partial charge in [0, 0.05) is 0 Å². The fourth-order valence-electron chi connectivity index (χ4n) is 0.577. The lowest BCUT2D eigenvalue weighted by atomic mass is 10.3. The van der Waals surface area contributed by atoms with E-state index in [0.29, 0.717) is 0 Å². The molecule has 0 unspecified atom stereocenters. The molecule has 0 aromatic carbocycles. The highest BCUT2D eigenvalue weighted by Gasteiger charge is 1.74. The molecule has 0 amide bonds. The van der Waals surface area contributed by atoms with Gasteiger partial charge in [-0.1, -0.05) is 24.3 Å². The lowest BCUT2D eigenvalue weighted by molar-refractivity contribution is 0.341. The van der Waals surface area contributed by atoms with Crippen molar-refractivity contribution in [2.45, 2.75) is 12.8 Å². The number of hydrogen-bond donors (Lipinski definition) is 2. The maximum Gasteiger partial charge on any atom is 0.0612 e. The zero-order valence-electron chi connectivity index (χ0n) is 6.03. The minimum absolute atomic E-state index is 0.115. The van der Waals surface area contributed by atoms with E-state index in [0.717, 1.165) is 12.8 Å². The van der Waals surface area contributed by atoms with Crippen LogP contribution >= 0.6 is 0 Å². The molecule has 0 rings (SSSR count). The van der Waals surface area contributed by atoms with Gasteiger partial charge in [0.2, 0.25) is 0 Å². The van der Waals surface area contributed by atoms with Crippen molar-refractivity contribution in [2.75, 3.05) is 13.2 Å². The monoisotopic (exact) mass is 143 g/mol. The molecular weight excluding hydrogens is 129 g/mol. The van der Waals surface area contributed by atoms with E-state index in [2.05, 4.69) is 0 Å². The molecule has 2 N–H and O–H groups in total. The van der Waals surface area contributed by atoms with Gasteiger partial charge in [0.05, 0.1) is 13.2 Å². The third-order valence-electron chi connectivity index (χ3n) is 1.04. The van der Waals surface area contributed by atoms with Crippen LogP contribution in [0.1, 0.15) is 12.8 Å². The SMILES string of the molecule is OCC=CCCC=[13CH]CO. The lowest BCUT2D eigenvalue weighted by Crippen LogP contribution is -1.73. The molecule has 58 valence electrons. The highest BCUT2D eigenvalue weighted by Crippen LogP contribution is 1.91. The smallest absolute Gasteiger partial charge is 0.0612 e. The number of allylic oxidation sites excluding steroid dienone is 2. The first-order valence-corrected chi connectivity index (χ1v) is 3.43. The molecule has 0 aromatic heterocycles. The van der Waals surface area contributed by atoms with Crippen molar-refractivity contribution < 1.29 is 10.2 Å². The van der Waals surface area contributed by atoms with Crippen LogP contribution in [-0.4, -0.2) is 23.4 Å². The highest BCUT2D eigenvalue weighted by atomic mass is 16.3. The summed E-state index contributed by atoms with van der Waals surface area (Å²) in [5.74, 6) is 0. The minimum atomic E-state index is 0.115. The molecule has 0 saturated heterocycles. The summed E-state index contributed by atoms with van der Waals surface area (Å²) in [6.45, 7) is 0.230. The van der Waals surface area contributed by atoms with Gasteiger partial charge in [-0.25, -0.2) is 0 Å². The van der Waals surface area contributed by atoms with Crippen molar-refractivity contribution in [1.29, 1.82) is 0 Å². The molecule has 0 aliphatic rings. The van der Waals surface area contributed by atoms with Crippen molar-refractivity contribution in [3.8, 4) is 0 Å². The molecule has 0 saturated carbocycles. The van der Waals surface area contributed by atoms with Crippen LogP contribution in [0.25, 0.3) is 0 Å². The van der Waals surface area contributed by atoms with Gasteiger partial charge in [0.15, 0.2) is 0 Å². The van der Waals surface area contributed by atoms with Crippen LogP contribution in [0.3, 0.4) is 0 Å². The maximum absolute atomic E-state index is 8.32. The van der Waals surface area contributed by atoms with Crippen LogP contribution in [0.5, 0.6) is 0 Å². The quantitative estimate of drug-likeness (QED) is 0.340. The van der Waals surface area contributed by atoms with Crippen LogP contribution in [0.15, 0.2) is 24.3 Å². The number of aliphatic hydroxyl groups excluding tert-OH is 2. The first-order valence-electron chi connectivity index (χ1n) is 3.43. The second kappa shape index (κ2) is 8.40. The molecule has 0 bridgehead atoms. The Hall–Kier alpha value is -0.600. The standard InChI is InChI=1S/C8H14O2/c9-7-5-3-1-2-4-6-8-10/h3-6,9-10H,1-2,7-8H2/i5+1. The summed E-state index contributed by atoms with van der Waals surface area (Å²) in [5, 5.41) is 16.6. The van der Waals surface area contributed by atoms with Gasteiger partial charge < -0.3 is 10.2 Å². The Labute approximate surface area is 61.5 Å². The van der Waals surface area contributed by atoms with E-state index in [1.807, 2.05) is 12.2 Å². The molecule has 2 heteroatoms. The Kier molecular flexibility index (Phi) is 7.90. The van der Waals surface area contributed by atoms with E-state index >= 15 is 0 Å². The molecule has 2 nitrogen and oxygen atoms in total. The molecule has 0 fully saturated rings. The number of rotatable bonds is 5. The second-order valence-electron chi connectivity index (χ2n) is 1.89. The summed E-state index contributed by atoms with van der Waals surface area (Å²) in [6, 6.07) is 0. The summed E-state index contributed by atoms with van der Waals surface area (Å²) < 4.78 is 0. The molecule has 10 heavy (non-hydrogen) atoms. The first kappa shape index (κ1) is 9.40. The molecule has 0 heterocycles. The van der Waals surface area contributed by atoms with Crippen LogP contribution < -0.4 is 0 Å². The van der Waals surface area contributed by atoms with Crippen molar-refractivity contribution >= 4 is 0 Å². The van der Waals surface area contributed by atoms with E-state index in [-0.39, 0.29) is 13.2 Å². The predicted molar refractivity (Wildman–Crippen MR) is 41.7 cm³/mol. The Morgan fingerprint density at radius 2 is 1.10 bits per heavy atom. The van der Waals surface area contributed by atoms with Gasteiger partial charge >= 0.3 is 0 Å². The predicted octanol–water partition coefficient (Wildman–Crippen LogP) is 0.864. The average molecular weight is 143 g/mol. The Bertz CT molecular complexity index is 91.8. The van der Waals surface area contributed by atoms with E-state index in [4.69, 9.17) is 10.2 Å². The third-order valence-corrected chi connectivity index (χ3v) is 1.04. The maximum atomic E-state index is 8.32. The van der Waals surface area contributed by atoms with Crippen LogP contribution in [0.2, 0.25) is 0 Å². The largest absolute Gasteiger partial charge is 0.392 e. The molecule has 0 atom stereocenters. The fraction of sp³-hybridized carbons (Fsp3) is 0.500. The normalized spacial score (nSPS) is 11.8. The van der Waals surface area contributed by atoms with E-state index < -0.39 is 0 Å². The Balaban J connectivity index is 3.04. The Morgan fingerprint density at radius 3 is 1.40 bits per heavy atom. The summed E-state index contributed by atoms with van der Waals surface area (Å²) in [6.07, 6.45) is 9.12. The molecule has 0 aliphatic carbocycles. The fourth-order valence-corrected chi connectivity index (χ4v) is 0.577. The van der Waals surface area contributed by atoms with Gasteiger partial charge in [-0.2, -0.15) is 0 Å². The minimum Gasteiger partial charge on any atom is -0.392 e. The van der Waals surface area contributed by atoms with Crippen molar-refractivity contribution in [2.24, 2.45) is 0 Å². The van der Waals surface area contributed by atoms with Crippen molar-refractivity contribution in [3.63, 3.8) is 0 Å². The Morgan fingerprint density at radius 1 is 0.700 bits per heavy atom. The van der Waals surface area contributed by atoms with Gasteiger partial charge in [0.25, 0.3) is 0 Å². The summed E-state index contributed by atoms with van der Waals surface area (Å²) in [4.78, 5) is 0. The molecule has 0 radical (unpaired) electrons. The third kappa shape index (κ3) is 7.40. The lowest BCUT2D eigenvalue weighted by Gasteiger charge is -1.84. The number of unbranched alkanes of at least 4 members (excludes halogenated alkanes) is 1. The number of hydrogen-bond acceptors (Lipinski definition) is 2. The van der Waals surface area contributed by atoms with Crippen molar-refractivity contribution in [1.82, 2.24) is 0 Å². The van der Waals surface area contributed by atoms with Gasteiger partial charge in [-0.05, 0) is 12.8 Å². The highest BCUT2D eigenvalue weighted by molar-refractivity contribution is 4.87. The second-order valence-corrected chi connectivity index (χ2v) is 1.89. The van der Waals surface area contributed by atoms with Gasteiger partial charge in [-0.3, -0.25) is 0 Å². The zero-order chi connectivity index (χ0) is 7.66. The van der Waals surface area contributed by atoms with E-state index in [1.54, 1.807) is 12.2 Å². The van der Waals surface area contributed by atoms with E-state index in [9.17, 15) is 0 Å². The van der Waals surface area contributed by atoms with E-state index in [1.165, 1.54) is 0 Å². The summed E-state index contributed by atoms with van der Waals surface area (Å²) in [7, 11) is 0. The first-order chi connectivity index (χ1) is 4.91. The average Bonchev–Trinajstić information content (AvgIpc) is 1.97. The number of aliphatic hydroxyl groups is 2. The molecule has 0 spiro atoms. The van der Waals surface area contributed by atoms with Gasteiger partial charge in [0.1, 0.15) is 0 Å². The molecular formula is C8H14O2. The molecule has 0 aromatic rings. The van der Waals surface area contributed by atoms with Gasteiger partial charge in [-0.15, -0.1) is 0 Å².